The first-order chi connectivity index (χ1) is 13.0. The molecule has 1 aromatic carbocycles. The Balaban J connectivity index is 1.42. The van der Waals surface area contributed by atoms with Crippen LogP contribution in [0.5, 0.6) is 0 Å². The molecule has 2 heterocycles. The van der Waals surface area contributed by atoms with Crippen LogP contribution in [0.1, 0.15) is 43.7 Å². The fourth-order valence-corrected chi connectivity index (χ4v) is 5.01. The maximum atomic E-state index is 12.4. The number of carbonyl (C=O) groups is 1. The maximum Gasteiger partial charge on any atom is 0.223 e. The van der Waals surface area contributed by atoms with E-state index in [1.807, 2.05) is 0 Å². The predicted molar refractivity (Wildman–Crippen MR) is 107 cm³/mol. The van der Waals surface area contributed by atoms with Crippen LogP contribution in [0.25, 0.3) is 0 Å². The molecule has 150 valence electrons. The van der Waals surface area contributed by atoms with Crippen molar-refractivity contribution in [2.75, 3.05) is 31.9 Å². The largest absolute Gasteiger partial charge is 0.352 e. The zero-order valence-corrected chi connectivity index (χ0v) is 17.0. The van der Waals surface area contributed by atoms with Crippen LogP contribution in [-0.2, 0) is 27.9 Å². The molecule has 0 bridgehead atoms. The van der Waals surface area contributed by atoms with Gasteiger partial charge in [-0.3, -0.25) is 9.69 Å². The third-order valence-electron chi connectivity index (χ3n) is 5.68. The molecule has 2 fully saturated rings. The molecule has 0 saturated carbocycles. The molecule has 1 amide bonds. The Morgan fingerprint density at radius 1 is 1.04 bits per heavy atom. The van der Waals surface area contributed by atoms with Crippen LogP contribution in [0.3, 0.4) is 0 Å². The van der Waals surface area contributed by atoms with E-state index in [2.05, 4.69) is 34.5 Å². The molecule has 0 aromatic heterocycles. The maximum absolute atomic E-state index is 12.4. The van der Waals surface area contributed by atoms with Gasteiger partial charge >= 0.3 is 0 Å². The number of rotatable bonds is 7. The zero-order valence-electron chi connectivity index (χ0n) is 16.2. The minimum absolute atomic E-state index is 0.0321. The quantitative estimate of drug-likeness (QED) is 0.769. The lowest BCUT2D eigenvalue weighted by atomic mass is 9.97. The summed E-state index contributed by atoms with van der Waals surface area (Å²) in [7, 11) is -3.14. The average Bonchev–Trinajstić information content (AvgIpc) is 3.20. The summed E-state index contributed by atoms with van der Waals surface area (Å²) in [5.41, 5.74) is 2.41. The fourth-order valence-electron chi connectivity index (χ4n) is 3.87. The zero-order chi connectivity index (χ0) is 19.3. The van der Waals surface area contributed by atoms with Crippen LogP contribution < -0.4 is 5.32 Å². The molecule has 3 rings (SSSR count). The highest BCUT2D eigenvalue weighted by molar-refractivity contribution is 7.89. The molecular weight excluding hydrogens is 362 g/mol. The molecule has 2 aliphatic rings. The van der Waals surface area contributed by atoms with E-state index in [-0.39, 0.29) is 17.6 Å². The van der Waals surface area contributed by atoms with Crippen LogP contribution in [0.2, 0.25) is 0 Å². The first-order valence-electron chi connectivity index (χ1n) is 10.0. The lowest BCUT2D eigenvalue weighted by Gasteiger charge is -2.30. The van der Waals surface area contributed by atoms with Crippen LogP contribution >= 0.6 is 0 Å². The summed E-state index contributed by atoms with van der Waals surface area (Å²) in [5, 5.41) is 3.01. The number of nitrogens with one attached hydrogen (secondary N) is 1. The van der Waals surface area contributed by atoms with Gasteiger partial charge in [0.15, 0.2) is 0 Å². The second-order valence-corrected chi connectivity index (χ2v) is 9.85. The Kier molecular flexibility index (Phi) is 6.89. The van der Waals surface area contributed by atoms with Gasteiger partial charge in [0.05, 0.1) is 5.75 Å². The molecule has 0 radical (unpaired) electrons. The Hall–Kier alpha value is -1.44. The number of carbonyl (C=O) groups excluding carboxylic acids is 1. The van der Waals surface area contributed by atoms with E-state index in [0.717, 1.165) is 12.1 Å². The van der Waals surface area contributed by atoms with Crippen LogP contribution in [-0.4, -0.2) is 55.5 Å². The highest BCUT2D eigenvalue weighted by Gasteiger charge is 2.29. The Labute approximate surface area is 163 Å². The molecule has 1 aromatic rings. The van der Waals surface area contributed by atoms with Crippen LogP contribution in [0.15, 0.2) is 24.3 Å². The predicted octanol–water partition coefficient (Wildman–Crippen LogP) is 1.96. The average molecular weight is 394 g/mol. The van der Waals surface area contributed by atoms with Crippen molar-refractivity contribution in [2.24, 2.45) is 5.92 Å². The Bertz CT molecular complexity index is 719. The Morgan fingerprint density at radius 2 is 1.63 bits per heavy atom. The third kappa shape index (κ3) is 5.53. The van der Waals surface area contributed by atoms with Crippen molar-refractivity contribution >= 4 is 15.9 Å². The number of sulfonamides is 1. The van der Waals surface area contributed by atoms with Crippen molar-refractivity contribution in [2.45, 2.75) is 45.7 Å². The minimum Gasteiger partial charge on any atom is -0.352 e. The molecular formula is C20H31N3O3S. The summed E-state index contributed by atoms with van der Waals surface area (Å²) in [5.74, 6) is 0.0601. The molecule has 7 heteroatoms. The number of amides is 1. The fraction of sp³-hybridized carbons (Fsp3) is 0.650. The topological polar surface area (TPSA) is 69.7 Å². The molecule has 2 aliphatic heterocycles. The normalized spacial score (nSPS) is 20.0. The van der Waals surface area contributed by atoms with Crippen molar-refractivity contribution in [1.29, 1.82) is 0 Å². The molecule has 0 atom stereocenters. The van der Waals surface area contributed by atoms with E-state index in [1.165, 1.54) is 35.8 Å². The molecule has 0 spiro atoms. The Morgan fingerprint density at radius 3 is 2.22 bits per heavy atom. The highest BCUT2D eigenvalue weighted by atomic mass is 32.2. The van der Waals surface area contributed by atoms with Crippen molar-refractivity contribution in [3.63, 3.8) is 0 Å². The number of likely N-dealkylation sites (tertiary alicyclic amines) is 1. The van der Waals surface area contributed by atoms with Gasteiger partial charge in [-0.1, -0.05) is 24.3 Å². The first kappa shape index (κ1) is 20.3. The standard InChI is InChI=1S/C20H31N3O3S/c1-2-27(25,26)23-13-9-19(10-14-23)20(24)21-15-17-5-7-18(8-6-17)16-22-11-3-4-12-22/h5-8,19H,2-4,9-16H2,1H3,(H,21,24). The summed E-state index contributed by atoms with van der Waals surface area (Å²) < 4.78 is 25.3. The number of piperidine rings is 1. The van der Waals surface area contributed by atoms with Crippen molar-refractivity contribution < 1.29 is 13.2 Å². The van der Waals surface area contributed by atoms with E-state index in [4.69, 9.17) is 0 Å². The van der Waals surface area contributed by atoms with Gasteiger partial charge in [0.2, 0.25) is 15.9 Å². The van der Waals surface area contributed by atoms with E-state index < -0.39 is 10.0 Å². The first-order valence-corrected chi connectivity index (χ1v) is 11.6. The van der Waals surface area contributed by atoms with Crippen molar-refractivity contribution in [1.82, 2.24) is 14.5 Å². The molecule has 0 unspecified atom stereocenters. The second kappa shape index (κ2) is 9.17. The van der Waals surface area contributed by atoms with Crippen LogP contribution in [0, 0.1) is 5.92 Å². The highest BCUT2D eigenvalue weighted by Crippen LogP contribution is 2.20. The number of hydrogen-bond donors (Lipinski definition) is 1. The minimum atomic E-state index is -3.14. The van der Waals surface area contributed by atoms with Gasteiger partial charge in [-0.05, 0) is 56.8 Å². The molecule has 27 heavy (non-hydrogen) atoms. The van der Waals surface area contributed by atoms with Gasteiger partial charge in [0.25, 0.3) is 0 Å². The number of nitrogens with zero attached hydrogens (tertiary/aromatic N) is 2. The molecule has 6 nitrogen and oxygen atoms in total. The van der Waals surface area contributed by atoms with Gasteiger partial charge < -0.3 is 5.32 Å². The lowest BCUT2D eigenvalue weighted by Crippen LogP contribution is -2.43. The van der Waals surface area contributed by atoms with Gasteiger partial charge in [-0.2, -0.15) is 0 Å². The molecule has 0 aliphatic carbocycles. The van der Waals surface area contributed by atoms with E-state index in [1.54, 1.807) is 6.92 Å². The van der Waals surface area contributed by atoms with Gasteiger partial charge in [-0.15, -0.1) is 0 Å². The van der Waals surface area contributed by atoms with Gasteiger partial charge in [0.1, 0.15) is 0 Å². The summed E-state index contributed by atoms with van der Waals surface area (Å²) in [6.45, 7) is 6.46. The van der Waals surface area contributed by atoms with Crippen LogP contribution in [0.4, 0.5) is 0 Å². The van der Waals surface area contributed by atoms with E-state index in [9.17, 15) is 13.2 Å². The van der Waals surface area contributed by atoms with Crippen molar-refractivity contribution in [3.05, 3.63) is 35.4 Å². The van der Waals surface area contributed by atoms with Gasteiger partial charge in [-0.25, -0.2) is 12.7 Å². The summed E-state index contributed by atoms with van der Waals surface area (Å²) in [6, 6.07) is 8.46. The van der Waals surface area contributed by atoms with Gasteiger partial charge in [0, 0.05) is 32.1 Å². The molecule has 2 saturated heterocycles. The van der Waals surface area contributed by atoms with E-state index in [0.29, 0.717) is 32.5 Å². The summed E-state index contributed by atoms with van der Waals surface area (Å²) >= 11 is 0. The summed E-state index contributed by atoms with van der Waals surface area (Å²) in [4.78, 5) is 14.9. The lowest BCUT2D eigenvalue weighted by molar-refractivity contribution is -0.126. The number of benzene rings is 1. The monoisotopic (exact) mass is 393 g/mol. The van der Waals surface area contributed by atoms with E-state index >= 15 is 0 Å². The van der Waals surface area contributed by atoms with Crippen molar-refractivity contribution in [3.8, 4) is 0 Å². The SMILES string of the molecule is CCS(=O)(=O)N1CCC(C(=O)NCc2ccc(CN3CCCC3)cc2)CC1. The smallest absolute Gasteiger partial charge is 0.223 e. The molecule has 1 N–H and O–H groups in total. The second-order valence-electron chi connectivity index (χ2n) is 7.59. The number of hydrogen-bond acceptors (Lipinski definition) is 4. The summed E-state index contributed by atoms with van der Waals surface area (Å²) in [6.07, 6.45) is 3.79. The third-order valence-corrected chi connectivity index (χ3v) is 7.56.